The number of anilines is 2. The molecule has 0 fully saturated rings. The molecule has 0 atom stereocenters. The second kappa shape index (κ2) is 8.95. The van der Waals surface area contributed by atoms with Crippen LogP contribution in [-0.2, 0) is 0 Å². The minimum atomic E-state index is -0.315. The lowest BCUT2D eigenvalue weighted by molar-refractivity contribution is 0.101. The molecule has 0 aromatic heterocycles. The van der Waals surface area contributed by atoms with Gasteiger partial charge in [0.15, 0.2) is 0 Å². The van der Waals surface area contributed by atoms with Crippen molar-refractivity contribution in [1.82, 2.24) is 0 Å². The summed E-state index contributed by atoms with van der Waals surface area (Å²) in [5, 5.41) is 6.11. The van der Waals surface area contributed by atoms with E-state index in [0.29, 0.717) is 33.1 Å². The molecule has 0 aliphatic heterocycles. The zero-order chi connectivity index (χ0) is 20.1. The molecule has 6 heteroatoms. The molecule has 0 aliphatic rings. The highest BCUT2D eigenvalue weighted by molar-refractivity contribution is 7.98. The fourth-order valence-electron chi connectivity index (χ4n) is 2.73. The number of benzene rings is 3. The third-order valence-electron chi connectivity index (χ3n) is 4.28. The normalized spacial score (nSPS) is 10.4. The van der Waals surface area contributed by atoms with Crippen LogP contribution < -0.4 is 10.6 Å². The first-order chi connectivity index (χ1) is 13.5. The summed E-state index contributed by atoms with van der Waals surface area (Å²) >= 11 is 7.73. The predicted molar refractivity (Wildman–Crippen MR) is 117 cm³/mol. The Kier molecular flexibility index (Phi) is 6.39. The average molecular weight is 411 g/mol. The Labute approximate surface area is 173 Å². The van der Waals surface area contributed by atoms with Gasteiger partial charge in [0.1, 0.15) is 0 Å². The van der Waals surface area contributed by atoms with Crippen molar-refractivity contribution >= 4 is 46.6 Å². The van der Waals surface area contributed by atoms with Gasteiger partial charge in [-0.15, -0.1) is 11.8 Å². The number of para-hydroxylation sites is 1. The minimum Gasteiger partial charge on any atom is -0.322 e. The standard InChI is InChI=1S/C22H19ClN2O2S/c1-14-17(21(26)24-15-7-4-3-5-8-15)9-6-10-20(14)25-22(27)18-13-16(28-2)11-12-19(18)23/h3-13H,1-2H3,(H,24,26)(H,25,27). The van der Waals surface area contributed by atoms with E-state index in [1.165, 1.54) is 11.8 Å². The minimum absolute atomic E-state index is 0.234. The molecule has 3 aromatic carbocycles. The van der Waals surface area contributed by atoms with Crippen LogP contribution in [0.3, 0.4) is 0 Å². The van der Waals surface area contributed by atoms with Crippen molar-refractivity contribution in [2.45, 2.75) is 11.8 Å². The maximum atomic E-state index is 12.7. The van der Waals surface area contributed by atoms with Gasteiger partial charge in [0.2, 0.25) is 0 Å². The Morgan fingerprint density at radius 3 is 2.29 bits per heavy atom. The van der Waals surface area contributed by atoms with E-state index in [9.17, 15) is 9.59 Å². The van der Waals surface area contributed by atoms with Crippen LogP contribution in [0.4, 0.5) is 11.4 Å². The molecule has 0 radical (unpaired) electrons. The molecule has 0 spiro atoms. The van der Waals surface area contributed by atoms with E-state index >= 15 is 0 Å². The predicted octanol–water partition coefficient (Wildman–Crippen LogP) is 5.87. The van der Waals surface area contributed by atoms with Gasteiger partial charge in [-0.3, -0.25) is 9.59 Å². The molecule has 2 amide bonds. The Morgan fingerprint density at radius 2 is 1.57 bits per heavy atom. The van der Waals surface area contributed by atoms with Crippen LogP contribution in [0.1, 0.15) is 26.3 Å². The van der Waals surface area contributed by atoms with Crippen LogP contribution in [0.5, 0.6) is 0 Å². The molecule has 2 N–H and O–H groups in total. The third kappa shape index (κ3) is 4.55. The van der Waals surface area contributed by atoms with Crippen molar-refractivity contribution < 1.29 is 9.59 Å². The summed E-state index contributed by atoms with van der Waals surface area (Å²) in [6, 6.07) is 19.8. The molecule has 0 saturated heterocycles. The first kappa shape index (κ1) is 20.0. The molecule has 142 valence electrons. The van der Waals surface area contributed by atoms with Gasteiger partial charge in [-0.25, -0.2) is 0 Å². The molecular formula is C22H19ClN2O2S. The third-order valence-corrected chi connectivity index (χ3v) is 5.33. The van der Waals surface area contributed by atoms with Crippen molar-refractivity contribution in [3.8, 4) is 0 Å². The van der Waals surface area contributed by atoms with Gasteiger partial charge in [0, 0.05) is 21.8 Å². The maximum Gasteiger partial charge on any atom is 0.257 e. The van der Waals surface area contributed by atoms with E-state index in [1.807, 2.05) is 42.7 Å². The van der Waals surface area contributed by atoms with E-state index in [0.717, 1.165) is 4.90 Å². The average Bonchev–Trinajstić information content (AvgIpc) is 2.70. The van der Waals surface area contributed by atoms with Crippen LogP contribution >= 0.6 is 23.4 Å². The maximum absolute atomic E-state index is 12.7. The first-order valence-electron chi connectivity index (χ1n) is 8.60. The smallest absolute Gasteiger partial charge is 0.257 e. The van der Waals surface area contributed by atoms with E-state index in [4.69, 9.17) is 11.6 Å². The number of halogens is 1. The molecule has 0 bridgehead atoms. The quantitative estimate of drug-likeness (QED) is 0.517. The molecular weight excluding hydrogens is 392 g/mol. The lowest BCUT2D eigenvalue weighted by Crippen LogP contribution is -2.17. The van der Waals surface area contributed by atoms with E-state index in [-0.39, 0.29) is 11.8 Å². The second-order valence-corrected chi connectivity index (χ2v) is 7.39. The monoisotopic (exact) mass is 410 g/mol. The summed E-state index contributed by atoms with van der Waals surface area (Å²) in [5.41, 5.74) is 2.84. The second-order valence-electron chi connectivity index (χ2n) is 6.10. The molecule has 3 aromatic rings. The van der Waals surface area contributed by atoms with Crippen LogP contribution in [-0.4, -0.2) is 18.1 Å². The summed E-state index contributed by atoms with van der Waals surface area (Å²) in [6.45, 7) is 1.80. The number of carbonyl (C=O) groups is 2. The number of amides is 2. The largest absolute Gasteiger partial charge is 0.322 e. The number of rotatable bonds is 5. The lowest BCUT2D eigenvalue weighted by atomic mass is 10.1. The number of hydrogen-bond donors (Lipinski definition) is 2. The van der Waals surface area contributed by atoms with Gasteiger partial charge in [-0.05, 0) is 61.2 Å². The lowest BCUT2D eigenvalue weighted by Gasteiger charge is -2.13. The first-order valence-corrected chi connectivity index (χ1v) is 10.2. The highest BCUT2D eigenvalue weighted by Crippen LogP contribution is 2.26. The molecule has 0 heterocycles. The molecule has 0 saturated carbocycles. The summed E-state index contributed by atoms with van der Waals surface area (Å²) < 4.78 is 0. The summed E-state index contributed by atoms with van der Waals surface area (Å²) in [6.07, 6.45) is 1.93. The van der Waals surface area contributed by atoms with Crippen molar-refractivity contribution in [3.05, 3.63) is 88.4 Å². The van der Waals surface area contributed by atoms with E-state index < -0.39 is 0 Å². The molecule has 28 heavy (non-hydrogen) atoms. The fourth-order valence-corrected chi connectivity index (χ4v) is 3.38. The van der Waals surface area contributed by atoms with Crippen LogP contribution in [0.25, 0.3) is 0 Å². The number of nitrogens with one attached hydrogen (secondary N) is 2. The van der Waals surface area contributed by atoms with Gasteiger partial charge in [-0.1, -0.05) is 35.9 Å². The zero-order valence-electron chi connectivity index (χ0n) is 15.5. The van der Waals surface area contributed by atoms with Crippen molar-refractivity contribution in [3.63, 3.8) is 0 Å². The van der Waals surface area contributed by atoms with Crippen molar-refractivity contribution in [2.75, 3.05) is 16.9 Å². The SMILES string of the molecule is CSc1ccc(Cl)c(C(=O)Nc2cccc(C(=O)Nc3ccccc3)c2C)c1. The topological polar surface area (TPSA) is 58.2 Å². The Bertz CT molecular complexity index is 1020. The Hall–Kier alpha value is -2.76. The van der Waals surface area contributed by atoms with Crippen LogP contribution in [0, 0.1) is 6.92 Å². The fraction of sp³-hybridized carbons (Fsp3) is 0.0909. The molecule has 0 unspecified atom stereocenters. The molecule has 4 nitrogen and oxygen atoms in total. The van der Waals surface area contributed by atoms with Gasteiger partial charge < -0.3 is 10.6 Å². The van der Waals surface area contributed by atoms with Gasteiger partial charge >= 0.3 is 0 Å². The van der Waals surface area contributed by atoms with Gasteiger partial charge in [0.05, 0.1) is 10.6 Å². The van der Waals surface area contributed by atoms with Crippen molar-refractivity contribution in [1.29, 1.82) is 0 Å². The highest BCUT2D eigenvalue weighted by atomic mass is 35.5. The van der Waals surface area contributed by atoms with Crippen LogP contribution in [0.15, 0.2) is 71.6 Å². The molecule has 0 aliphatic carbocycles. The van der Waals surface area contributed by atoms with E-state index in [2.05, 4.69) is 10.6 Å². The van der Waals surface area contributed by atoms with Gasteiger partial charge in [-0.2, -0.15) is 0 Å². The zero-order valence-corrected chi connectivity index (χ0v) is 17.0. The molecule has 3 rings (SSSR count). The summed E-state index contributed by atoms with van der Waals surface area (Å²) in [5.74, 6) is -0.549. The summed E-state index contributed by atoms with van der Waals surface area (Å²) in [4.78, 5) is 26.3. The Morgan fingerprint density at radius 1 is 0.857 bits per heavy atom. The van der Waals surface area contributed by atoms with Crippen molar-refractivity contribution in [2.24, 2.45) is 0 Å². The summed E-state index contributed by atoms with van der Waals surface area (Å²) in [7, 11) is 0. The van der Waals surface area contributed by atoms with E-state index in [1.54, 1.807) is 37.3 Å². The van der Waals surface area contributed by atoms with Gasteiger partial charge in [0.25, 0.3) is 11.8 Å². The number of carbonyl (C=O) groups excluding carboxylic acids is 2. The van der Waals surface area contributed by atoms with Crippen LogP contribution in [0.2, 0.25) is 5.02 Å². The number of hydrogen-bond acceptors (Lipinski definition) is 3. The number of thioether (sulfide) groups is 1. The Balaban J connectivity index is 1.83. The highest BCUT2D eigenvalue weighted by Gasteiger charge is 2.16.